The highest BCUT2D eigenvalue weighted by Crippen LogP contribution is 2.37. The van der Waals surface area contributed by atoms with Crippen molar-refractivity contribution in [1.29, 1.82) is 5.41 Å². The average Bonchev–Trinajstić information content (AvgIpc) is 2.69. The molecular weight excluding hydrogens is 236 g/mol. The molecular formula is C13H17ClN2O. The number of amidine groups is 1. The van der Waals surface area contributed by atoms with E-state index >= 15 is 0 Å². The lowest BCUT2D eigenvalue weighted by Gasteiger charge is -2.29. The van der Waals surface area contributed by atoms with Gasteiger partial charge in [-0.05, 0) is 24.8 Å². The minimum atomic E-state index is 0. The molecule has 0 spiro atoms. The van der Waals surface area contributed by atoms with Crippen molar-refractivity contribution < 1.29 is 4.74 Å². The maximum absolute atomic E-state index is 7.86. The lowest BCUT2D eigenvalue weighted by Crippen LogP contribution is -2.38. The predicted octanol–water partition coefficient (Wildman–Crippen LogP) is 2.97. The zero-order chi connectivity index (χ0) is 11.0. The first-order valence-electron chi connectivity index (χ1n) is 5.93. The summed E-state index contributed by atoms with van der Waals surface area (Å²) in [5, 5.41) is 7.86. The molecule has 2 atom stereocenters. The van der Waals surface area contributed by atoms with Crippen molar-refractivity contribution >= 4 is 18.4 Å². The van der Waals surface area contributed by atoms with Gasteiger partial charge in [0.15, 0.2) is 0 Å². The van der Waals surface area contributed by atoms with Gasteiger partial charge < -0.3 is 9.64 Å². The van der Waals surface area contributed by atoms with Gasteiger partial charge in [-0.3, -0.25) is 5.41 Å². The van der Waals surface area contributed by atoms with Gasteiger partial charge in [-0.25, -0.2) is 0 Å². The first-order chi connectivity index (χ1) is 7.86. The zero-order valence-corrected chi connectivity index (χ0v) is 10.5. The molecule has 3 rings (SSSR count). The molecule has 92 valence electrons. The number of benzene rings is 1. The van der Waals surface area contributed by atoms with E-state index in [0.717, 1.165) is 13.0 Å². The summed E-state index contributed by atoms with van der Waals surface area (Å²) in [6.07, 6.45) is 3.64. The molecule has 0 saturated carbocycles. The number of nitrogens with zero attached hydrogens (tertiary/aromatic N) is 1. The van der Waals surface area contributed by atoms with E-state index in [-0.39, 0.29) is 18.5 Å². The van der Waals surface area contributed by atoms with Gasteiger partial charge in [0.25, 0.3) is 6.02 Å². The second-order valence-electron chi connectivity index (χ2n) is 4.51. The molecule has 2 heterocycles. The van der Waals surface area contributed by atoms with Crippen LogP contribution in [0.3, 0.4) is 0 Å². The number of hydrogen-bond donors (Lipinski definition) is 1. The van der Waals surface area contributed by atoms with Crippen molar-refractivity contribution in [2.24, 2.45) is 0 Å². The van der Waals surface area contributed by atoms with Crippen LogP contribution < -0.4 is 0 Å². The number of ether oxygens (including phenoxy) is 1. The summed E-state index contributed by atoms with van der Waals surface area (Å²) in [7, 11) is 0. The summed E-state index contributed by atoms with van der Waals surface area (Å²) in [5.74, 6) is 0. The fraction of sp³-hybridized carbons (Fsp3) is 0.462. The topological polar surface area (TPSA) is 36.3 Å². The van der Waals surface area contributed by atoms with E-state index in [0.29, 0.717) is 12.1 Å². The monoisotopic (exact) mass is 252 g/mol. The minimum Gasteiger partial charge on any atom is -0.455 e. The lowest BCUT2D eigenvalue weighted by atomic mass is 9.94. The first kappa shape index (κ1) is 12.2. The molecule has 0 aromatic heterocycles. The van der Waals surface area contributed by atoms with Crippen LogP contribution >= 0.6 is 12.4 Å². The maximum Gasteiger partial charge on any atom is 0.285 e. The molecule has 1 aromatic carbocycles. The Kier molecular flexibility index (Phi) is 3.57. The van der Waals surface area contributed by atoms with Gasteiger partial charge in [-0.1, -0.05) is 30.3 Å². The van der Waals surface area contributed by atoms with Crippen molar-refractivity contribution in [2.75, 3.05) is 6.54 Å². The van der Waals surface area contributed by atoms with Gasteiger partial charge in [0.2, 0.25) is 0 Å². The third-order valence-electron chi connectivity index (χ3n) is 3.53. The highest BCUT2D eigenvalue weighted by Gasteiger charge is 2.41. The Morgan fingerprint density at radius 1 is 1.18 bits per heavy atom. The van der Waals surface area contributed by atoms with Gasteiger partial charge in [0.1, 0.15) is 6.10 Å². The molecule has 2 fully saturated rings. The van der Waals surface area contributed by atoms with Gasteiger partial charge in [-0.15, -0.1) is 12.4 Å². The smallest absolute Gasteiger partial charge is 0.285 e. The van der Waals surface area contributed by atoms with Crippen LogP contribution in [0.15, 0.2) is 30.3 Å². The highest BCUT2D eigenvalue weighted by molar-refractivity contribution is 5.85. The van der Waals surface area contributed by atoms with Crippen LogP contribution in [0.1, 0.15) is 30.9 Å². The Hall–Kier alpha value is -1.22. The van der Waals surface area contributed by atoms with Crippen LogP contribution in [-0.4, -0.2) is 23.5 Å². The average molecular weight is 253 g/mol. The Morgan fingerprint density at radius 3 is 2.71 bits per heavy atom. The fourth-order valence-corrected chi connectivity index (χ4v) is 2.72. The van der Waals surface area contributed by atoms with E-state index in [4.69, 9.17) is 10.1 Å². The lowest BCUT2D eigenvalue weighted by molar-refractivity contribution is 0.167. The summed E-state index contributed by atoms with van der Waals surface area (Å²) >= 11 is 0. The second kappa shape index (κ2) is 4.96. The highest BCUT2D eigenvalue weighted by atomic mass is 35.5. The third kappa shape index (κ3) is 2.12. The van der Waals surface area contributed by atoms with Crippen LogP contribution in [0.5, 0.6) is 0 Å². The second-order valence-corrected chi connectivity index (χ2v) is 4.51. The minimum absolute atomic E-state index is 0. The Bertz CT molecular complexity index is 396. The van der Waals surface area contributed by atoms with Gasteiger partial charge in [0.05, 0.1) is 6.04 Å². The van der Waals surface area contributed by atoms with E-state index in [1.807, 2.05) is 18.2 Å². The van der Waals surface area contributed by atoms with Crippen molar-refractivity contribution in [3.8, 4) is 0 Å². The molecule has 2 saturated heterocycles. The molecule has 4 heteroatoms. The Balaban J connectivity index is 0.00000108. The zero-order valence-electron chi connectivity index (χ0n) is 9.63. The van der Waals surface area contributed by atoms with E-state index in [1.165, 1.54) is 18.4 Å². The van der Waals surface area contributed by atoms with Crippen LogP contribution in [0.25, 0.3) is 0 Å². The number of rotatable bonds is 1. The normalized spacial score (nSPS) is 27.1. The summed E-state index contributed by atoms with van der Waals surface area (Å²) in [6, 6.07) is 11.0. The molecule has 0 unspecified atom stereocenters. The van der Waals surface area contributed by atoms with Gasteiger partial charge in [-0.2, -0.15) is 0 Å². The van der Waals surface area contributed by atoms with Crippen molar-refractivity contribution in [2.45, 2.75) is 31.4 Å². The quantitative estimate of drug-likeness (QED) is 0.834. The van der Waals surface area contributed by atoms with Crippen LogP contribution in [0.2, 0.25) is 0 Å². The molecule has 0 amide bonds. The molecule has 2 aliphatic heterocycles. The summed E-state index contributed by atoms with van der Waals surface area (Å²) in [6.45, 7) is 0.979. The van der Waals surface area contributed by atoms with E-state index in [2.05, 4.69) is 17.0 Å². The maximum atomic E-state index is 7.86. The Labute approximate surface area is 108 Å². The van der Waals surface area contributed by atoms with E-state index in [9.17, 15) is 0 Å². The number of nitrogens with one attached hydrogen (secondary N) is 1. The molecule has 3 nitrogen and oxygen atoms in total. The first-order valence-corrected chi connectivity index (χ1v) is 5.93. The van der Waals surface area contributed by atoms with Crippen LogP contribution in [0, 0.1) is 5.41 Å². The molecule has 0 aliphatic carbocycles. The van der Waals surface area contributed by atoms with E-state index < -0.39 is 0 Å². The molecule has 1 aromatic rings. The summed E-state index contributed by atoms with van der Waals surface area (Å²) in [5.41, 5.74) is 1.20. The molecule has 17 heavy (non-hydrogen) atoms. The predicted molar refractivity (Wildman–Crippen MR) is 69.6 cm³/mol. The standard InChI is InChI=1S/C13H16N2O.ClH/c14-13-15-9-5-4-8-11(15)12(16-13)10-6-2-1-3-7-10;/h1-3,6-7,11-12,14H,4-5,8-9H2;1H/t11-,12+;/m0./s1. The van der Waals surface area contributed by atoms with Gasteiger partial charge >= 0.3 is 0 Å². The Morgan fingerprint density at radius 2 is 1.94 bits per heavy atom. The van der Waals surface area contributed by atoms with E-state index in [1.54, 1.807) is 0 Å². The van der Waals surface area contributed by atoms with Crippen LogP contribution in [-0.2, 0) is 4.74 Å². The van der Waals surface area contributed by atoms with Crippen LogP contribution in [0.4, 0.5) is 0 Å². The van der Waals surface area contributed by atoms with Gasteiger partial charge in [0, 0.05) is 6.54 Å². The number of fused-ring (bicyclic) bond motifs is 1. The van der Waals surface area contributed by atoms with Crippen molar-refractivity contribution in [1.82, 2.24) is 4.90 Å². The fourth-order valence-electron chi connectivity index (χ4n) is 2.72. The SMILES string of the molecule is Cl.N=C1O[C@H](c2ccccc2)[C@@H]2CCCCN12. The third-order valence-corrected chi connectivity index (χ3v) is 3.53. The summed E-state index contributed by atoms with van der Waals surface area (Å²) in [4.78, 5) is 2.11. The summed E-state index contributed by atoms with van der Waals surface area (Å²) < 4.78 is 5.70. The molecule has 0 bridgehead atoms. The largest absolute Gasteiger partial charge is 0.455 e. The van der Waals surface area contributed by atoms with Crippen molar-refractivity contribution in [3.05, 3.63) is 35.9 Å². The number of halogens is 1. The molecule has 1 N–H and O–H groups in total. The number of piperidine rings is 1. The molecule has 2 aliphatic rings. The molecule has 0 radical (unpaired) electrons. The van der Waals surface area contributed by atoms with Crippen molar-refractivity contribution in [3.63, 3.8) is 0 Å². The number of hydrogen-bond acceptors (Lipinski definition) is 2.